The summed E-state index contributed by atoms with van der Waals surface area (Å²) in [7, 11) is 2.78. The maximum atomic E-state index is 12.8. The third kappa shape index (κ3) is 4.03. The molecule has 144 valence electrons. The minimum absolute atomic E-state index is 0.274. The van der Waals surface area contributed by atoms with Gasteiger partial charge in [-0.25, -0.2) is 4.79 Å². The van der Waals surface area contributed by atoms with Crippen LogP contribution in [0.1, 0.15) is 26.3 Å². The molecule has 0 bridgehead atoms. The van der Waals surface area contributed by atoms with Gasteiger partial charge in [-0.1, -0.05) is 41.4 Å². The molecule has 0 radical (unpaired) electrons. The van der Waals surface area contributed by atoms with Gasteiger partial charge in [0, 0.05) is 16.0 Å². The Kier molecular flexibility index (Phi) is 6.02. The predicted molar refractivity (Wildman–Crippen MR) is 112 cm³/mol. The largest absolute Gasteiger partial charge is 0.496 e. The third-order valence-electron chi connectivity index (χ3n) is 4.18. The summed E-state index contributed by atoms with van der Waals surface area (Å²) in [6.45, 7) is 1.99. The molecule has 1 heterocycles. The van der Waals surface area contributed by atoms with E-state index in [1.807, 2.05) is 36.6 Å². The van der Waals surface area contributed by atoms with Crippen LogP contribution in [0.25, 0.3) is 11.1 Å². The summed E-state index contributed by atoms with van der Waals surface area (Å²) in [4.78, 5) is 25.2. The second kappa shape index (κ2) is 8.46. The van der Waals surface area contributed by atoms with Crippen molar-refractivity contribution in [1.29, 1.82) is 0 Å². The number of aryl methyl sites for hydroxylation is 1. The molecule has 3 rings (SSSR count). The summed E-state index contributed by atoms with van der Waals surface area (Å²) in [6, 6.07) is 12.5. The number of ether oxygens (including phenoxy) is 2. The number of carbonyl (C=O) groups excluding carboxylic acids is 2. The zero-order chi connectivity index (χ0) is 20.3. The Hall–Kier alpha value is -2.83. The van der Waals surface area contributed by atoms with Gasteiger partial charge in [0.2, 0.25) is 0 Å². The lowest BCUT2D eigenvalue weighted by Crippen LogP contribution is -2.15. The number of thiophene rings is 1. The van der Waals surface area contributed by atoms with Crippen LogP contribution in [0, 0.1) is 6.92 Å². The molecular formula is C21H18ClNO4S. The van der Waals surface area contributed by atoms with Crippen LogP contribution in [0.4, 0.5) is 5.00 Å². The summed E-state index contributed by atoms with van der Waals surface area (Å²) in [5, 5.41) is 5.41. The van der Waals surface area contributed by atoms with E-state index < -0.39 is 11.9 Å². The number of rotatable bonds is 5. The van der Waals surface area contributed by atoms with E-state index in [2.05, 4.69) is 5.32 Å². The fraction of sp³-hybridized carbons (Fsp3) is 0.143. The lowest BCUT2D eigenvalue weighted by molar-refractivity contribution is 0.0603. The second-order valence-electron chi connectivity index (χ2n) is 6.01. The van der Waals surface area contributed by atoms with Crippen molar-refractivity contribution in [2.75, 3.05) is 19.5 Å². The lowest BCUT2D eigenvalue weighted by atomic mass is 10.0. The zero-order valence-electron chi connectivity index (χ0n) is 15.5. The van der Waals surface area contributed by atoms with E-state index in [-0.39, 0.29) is 5.56 Å². The summed E-state index contributed by atoms with van der Waals surface area (Å²) in [5.74, 6) is -0.566. The highest BCUT2D eigenvalue weighted by molar-refractivity contribution is 7.15. The number of hydrogen-bond acceptors (Lipinski definition) is 5. The Balaban J connectivity index is 2.01. The van der Waals surface area contributed by atoms with Crippen molar-refractivity contribution in [3.8, 4) is 16.9 Å². The average Bonchev–Trinajstić information content (AvgIpc) is 3.11. The summed E-state index contributed by atoms with van der Waals surface area (Å²) < 4.78 is 10.2. The van der Waals surface area contributed by atoms with E-state index in [1.54, 1.807) is 12.1 Å². The molecule has 7 heteroatoms. The molecule has 0 saturated heterocycles. The fourth-order valence-corrected chi connectivity index (χ4v) is 3.85. The molecule has 1 aromatic heterocycles. The van der Waals surface area contributed by atoms with Crippen LogP contribution in [-0.2, 0) is 4.74 Å². The molecule has 0 unspecified atom stereocenters. The van der Waals surface area contributed by atoms with Gasteiger partial charge < -0.3 is 14.8 Å². The number of carbonyl (C=O) groups is 2. The maximum Gasteiger partial charge on any atom is 0.341 e. The number of amides is 1. The van der Waals surface area contributed by atoms with Gasteiger partial charge in [-0.2, -0.15) is 0 Å². The standard InChI is InChI=1S/C21H18ClNO4S/c1-12-4-6-13(7-5-12)16-11-28-20(18(16)21(25)27-3)23-19(24)15-10-14(22)8-9-17(15)26-2/h4-11H,1-3H3,(H,23,24). The van der Waals surface area contributed by atoms with Crippen LogP contribution in [0.15, 0.2) is 47.8 Å². The van der Waals surface area contributed by atoms with Gasteiger partial charge in [0.05, 0.1) is 19.8 Å². The Morgan fingerprint density at radius 2 is 1.79 bits per heavy atom. The predicted octanol–water partition coefficient (Wildman–Crippen LogP) is 5.42. The maximum absolute atomic E-state index is 12.8. The zero-order valence-corrected chi connectivity index (χ0v) is 17.1. The summed E-state index contributed by atoms with van der Waals surface area (Å²) >= 11 is 7.27. The number of nitrogens with one attached hydrogen (secondary N) is 1. The van der Waals surface area contributed by atoms with Gasteiger partial charge in [0.25, 0.3) is 5.91 Å². The van der Waals surface area contributed by atoms with Gasteiger partial charge in [0.15, 0.2) is 0 Å². The molecule has 1 amide bonds. The molecule has 0 aliphatic heterocycles. The molecule has 0 atom stereocenters. The van der Waals surface area contributed by atoms with E-state index in [0.29, 0.717) is 26.9 Å². The van der Waals surface area contributed by atoms with Crippen LogP contribution in [0.3, 0.4) is 0 Å². The minimum atomic E-state index is -0.523. The van der Waals surface area contributed by atoms with Crippen LogP contribution in [0.2, 0.25) is 5.02 Å². The van der Waals surface area contributed by atoms with E-state index in [0.717, 1.165) is 11.1 Å². The number of halogens is 1. The van der Waals surface area contributed by atoms with Crippen molar-refractivity contribution in [3.05, 3.63) is 69.6 Å². The van der Waals surface area contributed by atoms with Gasteiger partial charge in [-0.15, -0.1) is 11.3 Å². The average molecular weight is 416 g/mol. The third-order valence-corrected chi connectivity index (χ3v) is 5.31. The quantitative estimate of drug-likeness (QED) is 0.565. The topological polar surface area (TPSA) is 64.6 Å². The first-order valence-electron chi connectivity index (χ1n) is 8.36. The van der Waals surface area contributed by atoms with Crippen molar-refractivity contribution in [2.45, 2.75) is 6.92 Å². The van der Waals surface area contributed by atoms with Crippen LogP contribution in [-0.4, -0.2) is 26.1 Å². The van der Waals surface area contributed by atoms with Crippen LogP contribution >= 0.6 is 22.9 Å². The Morgan fingerprint density at radius 1 is 1.07 bits per heavy atom. The molecule has 5 nitrogen and oxygen atoms in total. The Bertz CT molecular complexity index is 1030. The minimum Gasteiger partial charge on any atom is -0.496 e. The Morgan fingerprint density at radius 3 is 2.43 bits per heavy atom. The number of esters is 1. The molecule has 3 aromatic rings. The SMILES string of the molecule is COC(=O)c1c(-c2ccc(C)cc2)csc1NC(=O)c1cc(Cl)ccc1OC. The first kappa shape index (κ1) is 19.9. The fourth-order valence-electron chi connectivity index (χ4n) is 2.73. The lowest BCUT2D eigenvalue weighted by Gasteiger charge is -2.10. The van der Waals surface area contributed by atoms with Crippen molar-refractivity contribution < 1.29 is 19.1 Å². The molecule has 0 aliphatic rings. The smallest absolute Gasteiger partial charge is 0.341 e. The normalized spacial score (nSPS) is 10.4. The molecule has 2 aromatic carbocycles. The first-order chi connectivity index (χ1) is 13.4. The van der Waals surface area contributed by atoms with Crippen LogP contribution in [0.5, 0.6) is 5.75 Å². The van der Waals surface area contributed by atoms with Gasteiger partial charge in [0.1, 0.15) is 16.3 Å². The van der Waals surface area contributed by atoms with E-state index in [1.165, 1.54) is 31.6 Å². The van der Waals surface area contributed by atoms with Gasteiger partial charge in [-0.3, -0.25) is 4.79 Å². The number of anilines is 1. The van der Waals surface area contributed by atoms with Gasteiger partial charge in [-0.05, 0) is 30.7 Å². The van der Waals surface area contributed by atoms with E-state index in [4.69, 9.17) is 21.1 Å². The monoisotopic (exact) mass is 415 g/mol. The van der Waals surface area contributed by atoms with Crippen molar-refractivity contribution in [2.24, 2.45) is 0 Å². The summed E-state index contributed by atoms with van der Waals surface area (Å²) in [6.07, 6.45) is 0. The van der Waals surface area contributed by atoms with Crippen molar-refractivity contribution in [3.63, 3.8) is 0 Å². The molecule has 1 N–H and O–H groups in total. The van der Waals surface area contributed by atoms with Crippen molar-refractivity contribution in [1.82, 2.24) is 0 Å². The number of benzene rings is 2. The Labute approximate surface area is 171 Å². The molecule has 28 heavy (non-hydrogen) atoms. The highest BCUT2D eigenvalue weighted by Gasteiger charge is 2.23. The molecular weight excluding hydrogens is 398 g/mol. The number of methoxy groups -OCH3 is 2. The molecule has 0 spiro atoms. The summed E-state index contributed by atoms with van der Waals surface area (Å²) in [5.41, 5.74) is 3.26. The highest BCUT2D eigenvalue weighted by Crippen LogP contribution is 2.37. The molecule has 0 saturated carbocycles. The van der Waals surface area contributed by atoms with Crippen LogP contribution < -0.4 is 10.1 Å². The first-order valence-corrected chi connectivity index (χ1v) is 9.62. The van der Waals surface area contributed by atoms with Crippen molar-refractivity contribution >= 4 is 39.8 Å². The molecule has 0 aliphatic carbocycles. The van der Waals surface area contributed by atoms with E-state index in [9.17, 15) is 9.59 Å². The number of hydrogen-bond donors (Lipinski definition) is 1. The molecule has 0 fully saturated rings. The highest BCUT2D eigenvalue weighted by atomic mass is 35.5. The van der Waals surface area contributed by atoms with Gasteiger partial charge >= 0.3 is 5.97 Å². The second-order valence-corrected chi connectivity index (χ2v) is 7.33. The van der Waals surface area contributed by atoms with E-state index >= 15 is 0 Å².